The number of hydrogen-bond acceptors (Lipinski definition) is 3. The molecule has 0 amide bonds. The first-order chi connectivity index (χ1) is 13.5. The minimum Gasteiger partial charge on any atom is -0.394 e. The van der Waals surface area contributed by atoms with E-state index in [4.69, 9.17) is 5.73 Å². The van der Waals surface area contributed by atoms with Gasteiger partial charge in [0, 0.05) is 16.2 Å². The maximum Gasteiger partial charge on any atom is 0.0611 e. The molecule has 1 unspecified atom stereocenters. The quantitative estimate of drug-likeness (QED) is 0.688. The molecule has 2 nitrogen and oxygen atoms in total. The van der Waals surface area contributed by atoms with Gasteiger partial charge in [0.2, 0.25) is 0 Å². The summed E-state index contributed by atoms with van der Waals surface area (Å²) >= 11 is 2.04. The Labute approximate surface area is 173 Å². The van der Waals surface area contributed by atoms with E-state index in [0.29, 0.717) is 5.92 Å². The summed E-state index contributed by atoms with van der Waals surface area (Å²) in [6.07, 6.45) is 6.64. The van der Waals surface area contributed by atoms with Gasteiger partial charge in [0.25, 0.3) is 0 Å². The first kappa shape index (κ1) is 20.0. The lowest BCUT2D eigenvalue weighted by Gasteiger charge is -2.26. The molecule has 0 spiro atoms. The van der Waals surface area contributed by atoms with Crippen LogP contribution in [-0.4, -0.2) is 23.0 Å². The largest absolute Gasteiger partial charge is 0.394 e. The highest BCUT2D eigenvalue weighted by atomic mass is 32.2. The molecule has 0 radical (unpaired) electrons. The van der Waals surface area contributed by atoms with Crippen molar-refractivity contribution >= 4 is 11.8 Å². The number of aryl methyl sites for hydroxylation is 3. The summed E-state index contributed by atoms with van der Waals surface area (Å²) in [5.74, 6) is 2.49. The van der Waals surface area contributed by atoms with Crippen molar-refractivity contribution in [2.75, 3.05) is 12.4 Å². The lowest BCUT2D eigenvalue weighted by atomic mass is 9.82. The van der Waals surface area contributed by atoms with Gasteiger partial charge in [0.1, 0.15) is 0 Å². The Morgan fingerprint density at radius 2 is 1.89 bits per heavy atom. The third-order valence-corrected chi connectivity index (χ3v) is 8.43. The van der Waals surface area contributed by atoms with Crippen molar-refractivity contribution in [1.29, 1.82) is 0 Å². The van der Waals surface area contributed by atoms with Crippen LogP contribution in [0.3, 0.4) is 0 Å². The Hall–Kier alpha value is -1.29. The van der Waals surface area contributed by atoms with Crippen molar-refractivity contribution in [3.05, 3.63) is 64.2 Å². The number of hydrogen-bond donors (Lipinski definition) is 2. The molecule has 0 bridgehead atoms. The van der Waals surface area contributed by atoms with Gasteiger partial charge >= 0.3 is 0 Å². The molecular weight excluding hydrogens is 362 g/mol. The number of benzene rings is 2. The van der Waals surface area contributed by atoms with Crippen molar-refractivity contribution < 1.29 is 5.11 Å². The van der Waals surface area contributed by atoms with Gasteiger partial charge in [-0.2, -0.15) is 0 Å². The van der Waals surface area contributed by atoms with E-state index in [1.807, 2.05) is 11.8 Å². The van der Waals surface area contributed by atoms with E-state index in [9.17, 15) is 5.11 Å². The van der Waals surface area contributed by atoms with Crippen molar-refractivity contribution in [3.63, 3.8) is 0 Å². The fourth-order valence-electron chi connectivity index (χ4n) is 5.06. The van der Waals surface area contributed by atoms with Crippen molar-refractivity contribution in [1.82, 2.24) is 0 Å². The molecule has 1 saturated carbocycles. The molecule has 3 heteroatoms. The van der Waals surface area contributed by atoms with E-state index in [1.165, 1.54) is 46.6 Å². The average molecular weight is 396 g/mol. The monoisotopic (exact) mass is 395 g/mol. The molecule has 3 atom stereocenters. The highest BCUT2D eigenvalue weighted by Gasteiger charge is 2.36. The van der Waals surface area contributed by atoms with Crippen molar-refractivity contribution in [3.8, 4) is 0 Å². The van der Waals surface area contributed by atoms with Crippen LogP contribution in [0.1, 0.15) is 59.4 Å². The lowest BCUT2D eigenvalue weighted by molar-refractivity contribution is 0.198. The number of aliphatic hydroxyl groups excluding tert-OH is 1. The van der Waals surface area contributed by atoms with Crippen LogP contribution in [0.2, 0.25) is 0 Å². The van der Waals surface area contributed by atoms with Crippen LogP contribution in [0.4, 0.5) is 0 Å². The van der Waals surface area contributed by atoms with E-state index in [1.54, 1.807) is 11.1 Å². The predicted octanol–water partition coefficient (Wildman–Crippen LogP) is 5.16. The summed E-state index contributed by atoms with van der Waals surface area (Å²) in [5, 5.41) is 9.55. The number of thioether (sulfide) groups is 1. The van der Waals surface area contributed by atoms with Crippen LogP contribution in [0.15, 0.2) is 41.3 Å². The van der Waals surface area contributed by atoms with Gasteiger partial charge in [-0.1, -0.05) is 36.4 Å². The van der Waals surface area contributed by atoms with E-state index in [0.717, 1.165) is 25.2 Å². The molecular formula is C25H33NOS. The summed E-state index contributed by atoms with van der Waals surface area (Å²) in [5.41, 5.74) is 13.3. The molecule has 0 heterocycles. The zero-order valence-corrected chi connectivity index (χ0v) is 18.0. The fourth-order valence-corrected chi connectivity index (χ4v) is 6.34. The Morgan fingerprint density at radius 3 is 2.61 bits per heavy atom. The maximum absolute atomic E-state index is 9.55. The molecule has 4 rings (SSSR count). The van der Waals surface area contributed by atoms with Crippen LogP contribution in [-0.2, 0) is 12.8 Å². The smallest absolute Gasteiger partial charge is 0.0611 e. The Balaban J connectivity index is 1.40. The molecule has 28 heavy (non-hydrogen) atoms. The summed E-state index contributed by atoms with van der Waals surface area (Å²) < 4.78 is 0. The Morgan fingerprint density at radius 1 is 1.11 bits per heavy atom. The predicted molar refractivity (Wildman–Crippen MR) is 119 cm³/mol. The third-order valence-electron chi connectivity index (χ3n) is 6.86. The topological polar surface area (TPSA) is 46.2 Å². The summed E-state index contributed by atoms with van der Waals surface area (Å²) in [7, 11) is 0. The van der Waals surface area contributed by atoms with E-state index < -0.39 is 0 Å². The summed E-state index contributed by atoms with van der Waals surface area (Å²) in [6, 6.07) is 13.7. The molecule has 0 aromatic heterocycles. The second-order valence-electron chi connectivity index (χ2n) is 9.13. The normalized spacial score (nSPS) is 27.0. The maximum atomic E-state index is 9.55. The molecule has 2 aliphatic rings. The average Bonchev–Trinajstić information content (AvgIpc) is 3.10. The van der Waals surface area contributed by atoms with Crippen molar-refractivity contribution in [2.24, 2.45) is 11.7 Å². The number of fused-ring (bicyclic) bond motifs is 1. The van der Waals surface area contributed by atoms with Crippen molar-refractivity contribution in [2.45, 2.75) is 68.7 Å². The van der Waals surface area contributed by atoms with Gasteiger partial charge in [-0.15, -0.1) is 11.8 Å². The van der Waals surface area contributed by atoms with Gasteiger partial charge in [-0.3, -0.25) is 0 Å². The zero-order valence-electron chi connectivity index (χ0n) is 17.2. The van der Waals surface area contributed by atoms with Crippen LogP contribution in [0.25, 0.3) is 0 Å². The first-order valence-corrected chi connectivity index (χ1v) is 11.7. The molecule has 0 aliphatic heterocycles. The highest BCUT2D eigenvalue weighted by molar-refractivity contribution is 7.99. The second-order valence-corrected chi connectivity index (χ2v) is 10.2. The number of rotatable bonds is 5. The molecule has 2 aromatic carbocycles. The summed E-state index contributed by atoms with van der Waals surface area (Å²) in [4.78, 5) is 1.47. The lowest BCUT2D eigenvalue weighted by Crippen LogP contribution is -2.40. The molecule has 2 aliphatic carbocycles. The zero-order chi connectivity index (χ0) is 19.7. The first-order valence-electron chi connectivity index (χ1n) is 10.7. The molecule has 2 aromatic rings. The van der Waals surface area contributed by atoms with Crippen LogP contribution in [0, 0.1) is 19.8 Å². The SMILES string of the molecule is Cc1cccc(C)c1SCC1CCc2cc([C@H]3CC[C@](N)(CO)C3)ccc2C1. The van der Waals surface area contributed by atoms with Gasteiger partial charge < -0.3 is 10.8 Å². The Kier molecular flexibility index (Phi) is 5.87. The van der Waals surface area contributed by atoms with Crippen LogP contribution < -0.4 is 5.73 Å². The second kappa shape index (κ2) is 8.22. The van der Waals surface area contributed by atoms with Crippen LogP contribution in [0.5, 0.6) is 0 Å². The summed E-state index contributed by atoms with van der Waals surface area (Å²) in [6.45, 7) is 4.56. The minimum atomic E-state index is -0.364. The minimum absolute atomic E-state index is 0.105. The van der Waals surface area contributed by atoms with Gasteiger partial charge in [0.15, 0.2) is 0 Å². The third kappa shape index (κ3) is 4.17. The number of nitrogens with two attached hydrogens (primary N) is 1. The number of aliphatic hydroxyl groups is 1. The Bertz CT molecular complexity index is 828. The highest BCUT2D eigenvalue weighted by Crippen LogP contribution is 2.41. The van der Waals surface area contributed by atoms with Gasteiger partial charge in [-0.25, -0.2) is 0 Å². The standard InChI is InChI=1S/C25H33NOS/c1-17-4-3-5-18(2)24(17)28-15-19-6-7-21-13-22(9-8-20(21)12-19)23-10-11-25(26,14-23)16-27/h3-5,8-9,13,19,23,27H,6-7,10-12,14-16,26H2,1-2H3/t19?,23-,25+/m0/s1. The van der Waals surface area contributed by atoms with E-state index >= 15 is 0 Å². The van der Waals surface area contributed by atoms with Gasteiger partial charge in [0.05, 0.1) is 6.61 Å². The molecule has 1 fully saturated rings. The van der Waals surface area contributed by atoms with E-state index in [-0.39, 0.29) is 12.1 Å². The molecule has 0 saturated heterocycles. The fraction of sp³-hybridized carbons (Fsp3) is 0.520. The van der Waals surface area contributed by atoms with Crippen LogP contribution >= 0.6 is 11.8 Å². The molecule has 3 N–H and O–H groups in total. The molecule has 150 valence electrons. The van der Waals surface area contributed by atoms with E-state index in [2.05, 4.69) is 50.2 Å². The van der Waals surface area contributed by atoms with Gasteiger partial charge in [-0.05, 0) is 92.0 Å².